The van der Waals surface area contributed by atoms with Gasteiger partial charge in [-0.1, -0.05) is 0 Å². The van der Waals surface area contributed by atoms with Crippen LogP contribution in [0.4, 0.5) is 0 Å². The SMILES string of the molecule is [O]c1nccnc1C(=O)O. The maximum atomic E-state index is 10.5. The Morgan fingerprint density at radius 3 is 2.40 bits per heavy atom. The molecule has 0 amide bonds. The highest BCUT2D eigenvalue weighted by Gasteiger charge is 2.11. The van der Waals surface area contributed by atoms with Crippen molar-refractivity contribution in [2.45, 2.75) is 0 Å². The summed E-state index contributed by atoms with van der Waals surface area (Å²) in [7, 11) is 0. The fourth-order valence-corrected chi connectivity index (χ4v) is 0.472. The summed E-state index contributed by atoms with van der Waals surface area (Å²) < 4.78 is 0. The van der Waals surface area contributed by atoms with E-state index >= 15 is 0 Å². The minimum atomic E-state index is -1.35. The molecular weight excluding hydrogens is 136 g/mol. The van der Waals surface area contributed by atoms with Gasteiger partial charge in [-0.2, -0.15) is 0 Å². The average Bonchev–Trinajstić information content (AvgIpc) is 1.88. The molecule has 1 radical (unpaired) electrons. The zero-order valence-corrected chi connectivity index (χ0v) is 4.81. The molecule has 0 aromatic carbocycles. The molecule has 0 aliphatic heterocycles. The molecule has 1 heterocycles. The van der Waals surface area contributed by atoms with Gasteiger partial charge in [0, 0.05) is 12.4 Å². The van der Waals surface area contributed by atoms with Crippen LogP contribution in [-0.4, -0.2) is 21.0 Å². The summed E-state index contributed by atoms with van der Waals surface area (Å²) in [4.78, 5) is 16.6. The number of aromatic carboxylic acids is 1. The fraction of sp³-hybridized carbons (Fsp3) is 0. The van der Waals surface area contributed by atoms with Gasteiger partial charge in [0.15, 0.2) is 0 Å². The van der Waals surface area contributed by atoms with Crippen LogP contribution in [0.25, 0.3) is 0 Å². The van der Waals surface area contributed by atoms with E-state index in [1.54, 1.807) is 0 Å². The van der Waals surface area contributed by atoms with Crippen LogP contribution in [0.2, 0.25) is 0 Å². The third-order valence-electron chi connectivity index (χ3n) is 0.867. The molecule has 1 N–H and O–H groups in total. The smallest absolute Gasteiger partial charge is 0.360 e. The number of hydrogen-bond acceptors (Lipinski definition) is 3. The normalized spacial score (nSPS) is 9.20. The van der Waals surface area contributed by atoms with Gasteiger partial charge in [-0.3, -0.25) is 5.11 Å². The Hall–Kier alpha value is -1.65. The van der Waals surface area contributed by atoms with E-state index < -0.39 is 17.5 Å². The molecule has 0 aliphatic rings. The van der Waals surface area contributed by atoms with Crippen LogP contribution in [0.15, 0.2) is 12.4 Å². The second-order valence-corrected chi connectivity index (χ2v) is 1.52. The van der Waals surface area contributed by atoms with Crippen LogP contribution in [0, 0.1) is 0 Å². The van der Waals surface area contributed by atoms with Gasteiger partial charge in [-0.15, -0.1) is 0 Å². The molecule has 1 rings (SSSR count). The zero-order valence-electron chi connectivity index (χ0n) is 4.81. The first-order valence-corrected chi connectivity index (χ1v) is 2.43. The van der Waals surface area contributed by atoms with E-state index in [1.165, 1.54) is 0 Å². The highest BCUT2D eigenvalue weighted by Crippen LogP contribution is 2.07. The number of carboxylic acids is 1. The van der Waals surface area contributed by atoms with Crippen LogP contribution in [0.3, 0.4) is 0 Å². The molecule has 0 fully saturated rings. The monoisotopic (exact) mass is 139 g/mol. The summed E-state index contributed by atoms with van der Waals surface area (Å²) in [6, 6.07) is 0. The van der Waals surface area contributed by atoms with E-state index in [9.17, 15) is 9.90 Å². The lowest BCUT2D eigenvalue weighted by Crippen LogP contribution is -2.00. The Morgan fingerprint density at radius 1 is 1.40 bits per heavy atom. The van der Waals surface area contributed by atoms with Crippen LogP contribution in [0.5, 0.6) is 5.88 Å². The number of rotatable bonds is 1. The Morgan fingerprint density at radius 2 is 2.00 bits per heavy atom. The standard InChI is InChI=1S/C5H3N2O3/c8-4-3(5(9)10)6-1-2-7-4/h1-2H,(H,9,10). The highest BCUT2D eigenvalue weighted by molar-refractivity contribution is 5.87. The largest absolute Gasteiger partial charge is 0.476 e. The van der Waals surface area contributed by atoms with Crippen molar-refractivity contribution in [3.8, 4) is 5.88 Å². The van der Waals surface area contributed by atoms with Crippen LogP contribution >= 0.6 is 0 Å². The Balaban J connectivity index is 3.15. The number of aromatic nitrogens is 2. The quantitative estimate of drug-likeness (QED) is 0.607. The summed E-state index contributed by atoms with van der Waals surface area (Å²) in [5.41, 5.74) is -0.539. The molecule has 51 valence electrons. The molecular formula is C5H3N2O3. The first-order chi connectivity index (χ1) is 4.72. The van der Waals surface area contributed by atoms with Crippen molar-refractivity contribution in [1.29, 1.82) is 0 Å². The molecule has 1 aromatic heterocycles. The van der Waals surface area contributed by atoms with Crippen molar-refractivity contribution >= 4 is 5.97 Å². The van der Waals surface area contributed by atoms with Gasteiger partial charge >= 0.3 is 11.8 Å². The summed E-state index contributed by atoms with van der Waals surface area (Å²) >= 11 is 0. The molecule has 0 unspecified atom stereocenters. The predicted molar refractivity (Wildman–Crippen MR) is 29.1 cm³/mol. The predicted octanol–water partition coefficient (Wildman–Crippen LogP) is 0.319. The van der Waals surface area contributed by atoms with E-state index in [4.69, 9.17) is 5.11 Å². The maximum absolute atomic E-state index is 10.5. The lowest BCUT2D eigenvalue weighted by molar-refractivity contribution is 0.0683. The molecule has 0 saturated carbocycles. The lowest BCUT2D eigenvalue weighted by Gasteiger charge is -1.89. The molecule has 5 nitrogen and oxygen atoms in total. The fourth-order valence-electron chi connectivity index (χ4n) is 0.472. The first kappa shape index (κ1) is 6.47. The van der Waals surface area contributed by atoms with E-state index in [1.807, 2.05) is 0 Å². The molecule has 10 heavy (non-hydrogen) atoms. The second-order valence-electron chi connectivity index (χ2n) is 1.52. The van der Waals surface area contributed by atoms with Crippen molar-refractivity contribution in [2.24, 2.45) is 0 Å². The number of carbonyl (C=O) groups is 1. The van der Waals surface area contributed by atoms with E-state index in [-0.39, 0.29) is 0 Å². The molecule has 0 atom stereocenters. The minimum absolute atomic E-state index is 0.539. The van der Waals surface area contributed by atoms with Gasteiger partial charge in [0.05, 0.1) is 0 Å². The van der Waals surface area contributed by atoms with Crippen LogP contribution in [0.1, 0.15) is 10.5 Å². The maximum Gasteiger partial charge on any atom is 0.360 e. The van der Waals surface area contributed by atoms with Crippen molar-refractivity contribution in [1.82, 2.24) is 9.97 Å². The molecule has 0 spiro atoms. The lowest BCUT2D eigenvalue weighted by atomic mass is 10.4. The third kappa shape index (κ3) is 1.02. The topological polar surface area (TPSA) is 83.0 Å². The minimum Gasteiger partial charge on any atom is -0.476 e. The van der Waals surface area contributed by atoms with Crippen LogP contribution in [-0.2, 0) is 5.11 Å². The molecule has 5 heteroatoms. The van der Waals surface area contributed by atoms with Gasteiger partial charge in [0.25, 0.3) is 0 Å². The van der Waals surface area contributed by atoms with E-state index in [2.05, 4.69) is 9.97 Å². The van der Waals surface area contributed by atoms with Gasteiger partial charge in [-0.05, 0) is 0 Å². The van der Waals surface area contributed by atoms with Crippen molar-refractivity contribution in [3.05, 3.63) is 18.1 Å². The number of carboxylic acid groups (broad SMARTS) is 1. The molecule has 1 aromatic rings. The highest BCUT2D eigenvalue weighted by atomic mass is 16.4. The van der Waals surface area contributed by atoms with Crippen molar-refractivity contribution in [2.75, 3.05) is 0 Å². The average molecular weight is 139 g/mol. The zero-order chi connectivity index (χ0) is 7.56. The van der Waals surface area contributed by atoms with E-state index in [0.29, 0.717) is 0 Å². The van der Waals surface area contributed by atoms with Crippen LogP contribution < -0.4 is 0 Å². The Bertz CT molecular complexity index is 261. The van der Waals surface area contributed by atoms with Gasteiger partial charge in [-0.25, -0.2) is 14.8 Å². The first-order valence-electron chi connectivity index (χ1n) is 2.43. The summed E-state index contributed by atoms with van der Waals surface area (Å²) in [6.07, 6.45) is 2.31. The summed E-state index contributed by atoms with van der Waals surface area (Å²) in [5, 5.41) is 18.8. The Labute approximate surface area is 56.0 Å². The van der Waals surface area contributed by atoms with Gasteiger partial charge in [0.1, 0.15) is 0 Å². The molecule has 0 saturated heterocycles. The third-order valence-corrected chi connectivity index (χ3v) is 0.867. The molecule has 0 bridgehead atoms. The number of hydrogen-bond donors (Lipinski definition) is 1. The number of nitrogens with zero attached hydrogens (tertiary/aromatic N) is 2. The van der Waals surface area contributed by atoms with Gasteiger partial charge < -0.3 is 5.11 Å². The van der Waals surface area contributed by atoms with Gasteiger partial charge in [0.2, 0.25) is 5.69 Å². The van der Waals surface area contributed by atoms with Crippen molar-refractivity contribution in [3.63, 3.8) is 0 Å². The summed E-state index contributed by atoms with van der Waals surface area (Å²) in [6.45, 7) is 0. The molecule has 0 aliphatic carbocycles. The summed E-state index contributed by atoms with van der Waals surface area (Å²) in [5.74, 6) is -2.16. The Kier molecular flexibility index (Phi) is 1.49. The second kappa shape index (κ2) is 2.30. The van der Waals surface area contributed by atoms with Crippen molar-refractivity contribution < 1.29 is 15.0 Å². The van der Waals surface area contributed by atoms with E-state index in [0.717, 1.165) is 12.4 Å².